The van der Waals surface area contributed by atoms with Crippen LogP contribution >= 0.6 is 0 Å². The summed E-state index contributed by atoms with van der Waals surface area (Å²) >= 11 is 0. The number of hydrogen-bond donors (Lipinski definition) is 1. The zero-order chi connectivity index (χ0) is 17.4. The van der Waals surface area contributed by atoms with Gasteiger partial charge in [-0.1, -0.05) is 36.4 Å². The highest BCUT2D eigenvalue weighted by molar-refractivity contribution is 5.89. The zero-order valence-corrected chi connectivity index (χ0v) is 13.8. The summed E-state index contributed by atoms with van der Waals surface area (Å²) in [5.74, 6) is -0.276. The van der Waals surface area contributed by atoms with Crippen LogP contribution in [0.4, 0.5) is 0 Å². The van der Waals surface area contributed by atoms with Crippen LogP contribution in [0.3, 0.4) is 0 Å². The summed E-state index contributed by atoms with van der Waals surface area (Å²) in [4.78, 5) is 24.3. The molecule has 1 N–H and O–H groups in total. The highest BCUT2D eigenvalue weighted by atomic mass is 16.6. The van der Waals surface area contributed by atoms with Gasteiger partial charge < -0.3 is 14.8 Å². The second-order valence-electron chi connectivity index (χ2n) is 5.55. The molecular weight excluding hydrogens is 306 g/mol. The van der Waals surface area contributed by atoms with Gasteiger partial charge in [0.25, 0.3) is 5.91 Å². The van der Waals surface area contributed by atoms with Crippen molar-refractivity contribution in [3.8, 4) is 5.75 Å². The Balaban J connectivity index is 2.02. The van der Waals surface area contributed by atoms with Gasteiger partial charge in [0.15, 0.2) is 0 Å². The summed E-state index contributed by atoms with van der Waals surface area (Å²) in [6.45, 7) is 3.54. The molecule has 0 heterocycles. The van der Waals surface area contributed by atoms with Crippen LogP contribution in [0.2, 0.25) is 0 Å². The molecule has 0 aromatic heterocycles. The van der Waals surface area contributed by atoms with E-state index < -0.39 is 12.1 Å². The van der Waals surface area contributed by atoms with Crippen molar-refractivity contribution in [3.05, 3.63) is 66.2 Å². The fourth-order valence-corrected chi connectivity index (χ4v) is 2.01. The van der Waals surface area contributed by atoms with Gasteiger partial charge in [-0.25, -0.2) is 4.79 Å². The summed E-state index contributed by atoms with van der Waals surface area (Å²) in [5, 5.41) is 2.77. The number of esters is 1. The van der Waals surface area contributed by atoms with E-state index >= 15 is 0 Å². The molecule has 0 radical (unpaired) electrons. The molecule has 2 aromatic carbocycles. The van der Waals surface area contributed by atoms with E-state index in [0.717, 1.165) is 0 Å². The van der Waals surface area contributed by atoms with E-state index in [-0.39, 0.29) is 18.6 Å². The minimum absolute atomic E-state index is 0.0378. The van der Waals surface area contributed by atoms with Crippen molar-refractivity contribution in [3.63, 3.8) is 0 Å². The van der Waals surface area contributed by atoms with Crippen molar-refractivity contribution in [1.29, 1.82) is 0 Å². The lowest BCUT2D eigenvalue weighted by atomic mass is 10.2. The Bertz CT molecular complexity index is 656. The highest BCUT2D eigenvalue weighted by Crippen LogP contribution is 2.12. The summed E-state index contributed by atoms with van der Waals surface area (Å²) in [5.41, 5.74) is 0.431. The number of ether oxygens (including phenoxy) is 2. The third kappa shape index (κ3) is 5.43. The van der Waals surface area contributed by atoms with Gasteiger partial charge in [0.2, 0.25) is 6.10 Å². The predicted octanol–water partition coefficient (Wildman–Crippen LogP) is 2.82. The van der Waals surface area contributed by atoms with Crippen molar-refractivity contribution in [1.82, 2.24) is 5.32 Å². The minimum atomic E-state index is -0.914. The van der Waals surface area contributed by atoms with Crippen LogP contribution in [-0.4, -0.2) is 30.6 Å². The smallest absolute Gasteiger partial charge is 0.338 e. The van der Waals surface area contributed by atoms with E-state index in [1.807, 2.05) is 38.1 Å². The lowest BCUT2D eigenvalue weighted by Crippen LogP contribution is -2.44. The summed E-state index contributed by atoms with van der Waals surface area (Å²) in [6, 6.07) is 17.5. The number of carbonyl (C=O) groups excluding carboxylic acids is 2. The summed E-state index contributed by atoms with van der Waals surface area (Å²) in [7, 11) is 0. The molecule has 5 heteroatoms. The average molecular weight is 327 g/mol. The van der Waals surface area contributed by atoms with Crippen LogP contribution < -0.4 is 10.1 Å². The first-order valence-corrected chi connectivity index (χ1v) is 7.80. The number of hydrogen-bond acceptors (Lipinski definition) is 4. The Labute approximate surface area is 141 Å². The van der Waals surface area contributed by atoms with Gasteiger partial charge in [0.1, 0.15) is 12.4 Å². The normalized spacial score (nSPS) is 11.6. The molecule has 2 aromatic rings. The Kier molecular flexibility index (Phi) is 6.37. The largest absolute Gasteiger partial charge is 0.477 e. The van der Waals surface area contributed by atoms with Crippen molar-refractivity contribution < 1.29 is 19.1 Å². The maximum Gasteiger partial charge on any atom is 0.338 e. The number of amides is 1. The molecule has 0 fully saturated rings. The molecule has 1 amide bonds. The quantitative estimate of drug-likeness (QED) is 0.794. The van der Waals surface area contributed by atoms with Gasteiger partial charge in [-0.05, 0) is 38.1 Å². The minimum Gasteiger partial charge on any atom is -0.477 e. The van der Waals surface area contributed by atoms with Gasteiger partial charge in [0, 0.05) is 6.04 Å². The van der Waals surface area contributed by atoms with Crippen molar-refractivity contribution in [2.75, 3.05) is 6.61 Å². The van der Waals surface area contributed by atoms with Crippen LogP contribution in [0.5, 0.6) is 5.75 Å². The van der Waals surface area contributed by atoms with Crippen LogP contribution in [0.1, 0.15) is 24.2 Å². The third-order valence-electron chi connectivity index (χ3n) is 3.12. The molecule has 1 unspecified atom stereocenters. The van der Waals surface area contributed by atoms with Gasteiger partial charge in [0.05, 0.1) is 5.56 Å². The molecule has 0 saturated heterocycles. The van der Waals surface area contributed by atoms with Crippen LogP contribution in [0.15, 0.2) is 60.7 Å². The maximum absolute atomic E-state index is 12.3. The van der Waals surface area contributed by atoms with E-state index in [9.17, 15) is 9.59 Å². The second-order valence-corrected chi connectivity index (χ2v) is 5.55. The van der Waals surface area contributed by atoms with Crippen LogP contribution in [0, 0.1) is 0 Å². The number of rotatable bonds is 7. The standard InChI is InChI=1S/C19H21NO4/c1-14(2)20-18(21)17(24-16-11-7-4-8-12-16)13-23-19(22)15-9-5-3-6-10-15/h3-12,14,17H,13H2,1-2H3,(H,20,21). The number of carbonyl (C=O) groups is 2. The average Bonchev–Trinajstić information content (AvgIpc) is 2.59. The number of benzene rings is 2. The molecule has 126 valence electrons. The summed E-state index contributed by atoms with van der Waals surface area (Å²) in [6.07, 6.45) is -0.914. The molecule has 2 rings (SSSR count). The van der Waals surface area contributed by atoms with Crippen molar-refractivity contribution >= 4 is 11.9 Å². The van der Waals surface area contributed by atoms with Crippen LogP contribution in [-0.2, 0) is 9.53 Å². The van der Waals surface area contributed by atoms with E-state index in [1.54, 1.807) is 36.4 Å². The first kappa shape index (κ1) is 17.5. The maximum atomic E-state index is 12.3. The van der Waals surface area contributed by atoms with Crippen LogP contribution in [0.25, 0.3) is 0 Å². The molecule has 0 saturated carbocycles. The fourth-order valence-electron chi connectivity index (χ4n) is 2.01. The fraction of sp³-hybridized carbons (Fsp3) is 0.263. The molecule has 5 nitrogen and oxygen atoms in total. The van der Waals surface area contributed by atoms with Gasteiger partial charge >= 0.3 is 5.97 Å². The predicted molar refractivity (Wildman–Crippen MR) is 90.9 cm³/mol. The Morgan fingerprint density at radius 2 is 1.54 bits per heavy atom. The van der Waals surface area contributed by atoms with Crippen molar-refractivity contribution in [2.24, 2.45) is 0 Å². The Hall–Kier alpha value is -2.82. The molecule has 0 aliphatic heterocycles. The number of nitrogens with one attached hydrogen (secondary N) is 1. The number of para-hydroxylation sites is 1. The van der Waals surface area contributed by atoms with Crippen molar-refractivity contribution in [2.45, 2.75) is 26.0 Å². The van der Waals surface area contributed by atoms with E-state index in [4.69, 9.17) is 9.47 Å². The van der Waals surface area contributed by atoms with Gasteiger partial charge in [-0.2, -0.15) is 0 Å². The van der Waals surface area contributed by atoms with Gasteiger partial charge in [-0.3, -0.25) is 4.79 Å². The molecule has 0 bridgehead atoms. The monoisotopic (exact) mass is 327 g/mol. The summed E-state index contributed by atoms with van der Waals surface area (Å²) < 4.78 is 10.9. The Morgan fingerprint density at radius 1 is 0.958 bits per heavy atom. The van der Waals surface area contributed by atoms with E-state index in [2.05, 4.69) is 5.32 Å². The zero-order valence-electron chi connectivity index (χ0n) is 13.8. The van der Waals surface area contributed by atoms with Gasteiger partial charge in [-0.15, -0.1) is 0 Å². The first-order valence-electron chi connectivity index (χ1n) is 7.80. The third-order valence-corrected chi connectivity index (χ3v) is 3.12. The van der Waals surface area contributed by atoms with E-state index in [1.165, 1.54) is 0 Å². The highest BCUT2D eigenvalue weighted by Gasteiger charge is 2.23. The first-order chi connectivity index (χ1) is 11.6. The molecular formula is C19H21NO4. The molecule has 0 aliphatic rings. The topological polar surface area (TPSA) is 64.6 Å². The lowest BCUT2D eigenvalue weighted by molar-refractivity contribution is -0.130. The van der Waals surface area contributed by atoms with E-state index in [0.29, 0.717) is 11.3 Å². The second kappa shape index (κ2) is 8.72. The molecule has 1 atom stereocenters. The Morgan fingerprint density at radius 3 is 2.12 bits per heavy atom. The molecule has 0 spiro atoms. The lowest BCUT2D eigenvalue weighted by Gasteiger charge is -2.20. The SMILES string of the molecule is CC(C)NC(=O)C(COC(=O)c1ccccc1)Oc1ccccc1. The molecule has 0 aliphatic carbocycles. The molecule has 24 heavy (non-hydrogen) atoms.